The van der Waals surface area contributed by atoms with Crippen LogP contribution in [0.3, 0.4) is 0 Å². The van der Waals surface area contributed by atoms with Crippen LogP contribution in [0, 0.1) is 0 Å². The van der Waals surface area contributed by atoms with Gasteiger partial charge in [-0.05, 0) is 25.1 Å². The van der Waals surface area contributed by atoms with Gasteiger partial charge in [-0.2, -0.15) is 13.2 Å². The number of carbonyl (C=O) groups excluding carboxylic acids is 2. The fraction of sp³-hybridized carbons (Fsp3) is 0.250. The van der Waals surface area contributed by atoms with E-state index in [2.05, 4.69) is 31.0 Å². The molecule has 1 unspecified atom stereocenters. The molecule has 0 radical (unpaired) electrons. The van der Waals surface area contributed by atoms with Crippen LogP contribution in [-0.2, 0) is 12.7 Å². The molecule has 3 heterocycles. The van der Waals surface area contributed by atoms with Gasteiger partial charge >= 0.3 is 6.18 Å². The Morgan fingerprint density at radius 1 is 1.21 bits per heavy atom. The molecule has 9 nitrogen and oxygen atoms in total. The summed E-state index contributed by atoms with van der Waals surface area (Å²) in [5, 5.41) is 7.47. The number of amides is 2. The Bertz CT molecular complexity index is 1210. The van der Waals surface area contributed by atoms with Crippen molar-refractivity contribution in [2.45, 2.75) is 25.7 Å². The molecule has 1 aliphatic heterocycles. The zero-order chi connectivity index (χ0) is 23.8. The second kappa shape index (κ2) is 8.75. The lowest BCUT2D eigenvalue weighted by Crippen LogP contribution is -2.28. The summed E-state index contributed by atoms with van der Waals surface area (Å²) >= 11 is 1.03. The van der Waals surface area contributed by atoms with Gasteiger partial charge in [0.05, 0.1) is 17.8 Å². The zero-order valence-electron chi connectivity index (χ0n) is 17.4. The molecule has 3 aromatic rings. The second-order valence-electron chi connectivity index (χ2n) is 7.31. The monoisotopic (exact) mass is 477 g/mol. The molecule has 2 amide bonds. The van der Waals surface area contributed by atoms with Gasteiger partial charge in [0.1, 0.15) is 27.7 Å². The van der Waals surface area contributed by atoms with Crippen LogP contribution in [0.15, 0.2) is 36.8 Å². The number of halogens is 3. The first-order chi connectivity index (χ1) is 15.6. The SMILES string of the molecule is CC(NC(=O)c1ncnc2c1CN(C)N2)c1ncc(C(=O)Nc2cccc(C(F)(F)F)c2)s1. The molecule has 1 atom stereocenters. The van der Waals surface area contributed by atoms with Gasteiger partial charge in [-0.25, -0.2) is 20.0 Å². The number of aromatic nitrogens is 3. The van der Waals surface area contributed by atoms with E-state index in [0.717, 1.165) is 23.5 Å². The highest BCUT2D eigenvalue weighted by molar-refractivity contribution is 7.13. The van der Waals surface area contributed by atoms with Crippen LogP contribution in [0.2, 0.25) is 0 Å². The highest BCUT2D eigenvalue weighted by Gasteiger charge is 2.30. The van der Waals surface area contributed by atoms with Gasteiger partial charge < -0.3 is 16.1 Å². The predicted octanol–water partition coefficient (Wildman–Crippen LogP) is 3.47. The average molecular weight is 477 g/mol. The van der Waals surface area contributed by atoms with Crippen molar-refractivity contribution in [3.63, 3.8) is 0 Å². The molecule has 1 aliphatic rings. The van der Waals surface area contributed by atoms with E-state index in [9.17, 15) is 22.8 Å². The Kier molecular flexibility index (Phi) is 5.99. The number of benzene rings is 1. The second-order valence-corrected chi connectivity index (χ2v) is 8.37. The number of anilines is 2. The summed E-state index contributed by atoms with van der Waals surface area (Å²) in [5.74, 6) is -0.448. The molecule has 172 valence electrons. The summed E-state index contributed by atoms with van der Waals surface area (Å²) in [7, 11) is 1.81. The summed E-state index contributed by atoms with van der Waals surface area (Å²) in [6.07, 6.45) is -1.90. The lowest BCUT2D eigenvalue weighted by molar-refractivity contribution is -0.137. The summed E-state index contributed by atoms with van der Waals surface area (Å²) in [6.45, 7) is 2.17. The Hall–Kier alpha value is -3.58. The molecule has 4 rings (SSSR count). The van der Waals surface area contributed by atoms with E-state index in [-0.39, 0.29) is 16.3 Å². The van der Waals surface area contributed by atoms with Gasteiger partial charge in [0.25, 0.3) is 11.8 Å². The highest BCUT2D eigenvalue weighted by Crippen LogP contribution is 2.31. The van der Waals surface area contributed by atoms with Gasteiger partial charge in [0.2, 0.25) is 0 Å². The number of hydrogen-bond acceptors (Lipinski definition) is 8. The van der Waals surface area contributed by atoms with E-state index in [1.54, 1.807) is 11.9 Å². The van der Waals surface area contributed by atoms with E-state index in [1.807, 2.05) is 7.05 Å². The normalized spacial score (nSPS) is 14.3. The lowest BCUT2D eigenvalue weighted by Gasteiger charge is -2.12. The first-order valence-corrected chi connectivity index (χ1v) is 10.5. The Balaban J connectivity index is 1.43. The van der Waals surface area contributed by atoms with E-state index in [1.165, 1.54) is 24.7 Å². The van der Waals surface area contributed by atoms with Crippen LogP contribution >= 0.6 is 11.3 Å². The molecule has 13 heteroatoms. The number of nitrogens with zero attached hydrogens (tertiary/aromatic N) is 4. The van der Waals surface area contributed by atoms with Crippen molar-refractivity contribution in [2.75, 3.05) is 17.8 Å². The number of hydrazine groups is 1. The van der Waals surface area contributed by atoms with Crippen LogP contribution in [0.1, 0.15) is 49.3 Å². The van der Waals surface area contributed by atoms with Crippen molar-refractivity contribution >= 4 is 34.7 Å². The van der Waals surface area contributed by atoms with Crippen molar-refractivity contribution in [1.29, 1.82) is 0 Å². The highest BCUT2D eigenvalue weighted by atomic mass is 32.1. The predicted molar refractivity (Wildman–Crippen MR) is 115 cm³/mol. The number of rotatable bonds is 5. The molecule has 0 saturated heterocycles. The number of hydrogen-bond donors (Lipinski definition) is 3. The molecule has 3 N–H and O–H groups in total. The van der Waals surface area contributed by atoms with Crippen molar-refractivity contribution in [2.24, 2.45) is 0 Å². The number of alkyl halides is 3. The van der Waals surface area contributed by atoms with Gasteiger partial charge in [0, 0.05) is 24.8 Å². The molecule has 1 aromatic carbocycles. The Labute approximate surface area is 190 Å². The maximum absolute atomic E-state index is 12.9. The maximum atomic E-state index is 12.9. The third-order valence-corrected chi connectivity index (χ3v) is 5.94. The average Bonchev–Trinajstić information content (AvgIpc) is 3.39. The minimum absolute atomic E-state index is 0.0160. The van der Waals surface area contributed by atoms with Gasteiger partial charge in [-0.1, -0.05) is 6.07 Å². The molecule has 0 fully saturated rings. The van der Waals surface area contributed by atoms with Crippen LogP contribution in [0.5, 0.6) is 0 Å². The standard InChI is InChI=1S/C20H18F3N7O2S/c1-10(27-18(32)15-13-8-30(2)29-16(13)26-9-25-15)19-24-7-14(33-19)17(31)28-12-5-3-4-11(6-12)20(21,22)23/h3-7,9-10H,8H2,1-2H3,(H,27,32)(H,28,31)(H,25,26,29). The third-order valence-electron chi connectivity index (χ3n) is 4.77. The van der Waals surface area contributed by atoms with Crippen LogP contribution in [0.4, 0.5) is 24.7 Å². The van der Waals surface area contributed by atoms with Crippen LogP contribution in [-0.4, -0.2) is 38.8 Å². The molecule has 0 saturated carbocycles. The number of thiazole rings is 1. The van der Waals surface area contributed by atoms with Crippen molar-refractivity contribution in [3.05, 3.63) is 63.5 Å². The molecule has 0 aliphatic carbocycles. The molecule has 0 bridgehead atoms. The largest absolute Gasteiger partial charge is 0.416 e. The number of carbonyl (C=O) groups is 2. The van der Waals surface area contributed by atoms with Crippen molar-refractivity contribution in [1.82, 2.24) is 25.3 Å². The summed E-state index contributed by atoms with van der Waals surface area (Å²) in [6, 6.07) is 3.83. The smallest absolute Gasteiger partial charge is 0.342 e. The van der Waals surface area contributed by atoms with E-state index in [4.69, 9.17) is 0 Å². The van der Waals surface area contributed by atoms with Gasteiger partial charge in [-0.15, -0.1) is 11.3 Å². The third kappa shape index (κ3) is 4.93. The summed E-state index contributed by atoms with van der Waals surface area (Å²) < 4.78 is 38.6. The molecule has 2 aromatic heterocycles. The first-order valence-electron chi connectivity index (χ1n) is 9.68. The zero-order valence-corrected chi connectivity index (χ0v) is 18.2. The van der Waals surface area contributed by atoms with Crippen molar-refractivity contribution < 1.29 is 22.8 Å². The summed E-state index contributed by atoms with van der Waals surface area (Å²) in [4.78, 5) is 37.8. The van der Waals surface area contributed by atoms with Crippen LogP contribution < -0.4 is 16.1 Å². The summed E-state index contributed by atoms with van der Waals surface area (Å²) in [5.41, 5.74) is 3.07. The first kappa shape index (κ1) is 22.6. The van der Waals surface area contributed by atoms with E-state index < -0.39 is 29.6 Å². The van der Waals surface area contributed by atoms with Crippen LogP contribution in [0.25, 0.3) is 0 Å². The fourth-order valence-corrected chi connectivity index (χ4v) is 4.01. The van der Waals surface area contributed by atoms with Gasteiger partial charge in [-0.3, -0.25) is 9.59 Å². The minimum Gasteiger partial charge on any atom is -0.342 e. The topological polar surface area (TPSA) is 112 Å². The van der Waals surface area contributed by atoms with E-state index >= 15 is 0 Å². The quantitative estimate of drug-likeness (QED) is 0.516. The number of nitrogens with one attached hydrogen (secondary N) is 3. The number of fused-ring (bicyclic) bond motifs is 1. The van der Waals surface area contributed by atoms with Gasteiger partial charge in [0.15, 0.2) is 0 Å². The van der Waals surface area contributed by atoms with Crippen molar-refractivity contribution in [3.8, 4) is 0 Å². The molecular weight excluding hydrogens is 459 g/mol. The Morgan fingerprint density at radius 2 is 2.00 bits per heavy atom. The molecule has 33 heavy (non-hydrogen) atoms. The lowest BCUT2D eigenvalue weighted by atomic mass is 10.2. The van der Waals surface area contributed by atoms with E-state index in [0.29, 0.717) is 22.9 Å². The maximum Gasteiger partial charge on any atom is 0.416 e. The fourth-order valence-electron chi connectivity index (χ4n) is 3.20. The Morgan fingerprint density at radius 3 is 2.76 bits per heavy atom. The minimum atomic E-state index is -4.51. The molecule has 0 spiro atoms. The molecular formula is C20H18F3N7O2S.